The number of nitrogens with one attached hydrogen (secondary N) is 1. The first-order valence-electron chi connectivity index (χ1n) is 5.70. The molecule has 2 rings (SSSR count). The van der Waals surface area contributed by atoms with E-state index in [0.29, 0.717) is 11.5 Å². The second-order valence-electron chi connectivity index (χ2n) is 4.78. The van der Waals surface area contributed by atoms with Crippen molar-refractivity contribution >= 4 is 11.8 Å². The highest BCUT2D eigenvalue weighted by Crippen LogP contribution is 2.30. The molecule has 2 unspecified atom stereocenters. The predicted molar refractivity (Wildman–Crippen MR) is 57.0 cm³/mol. The molecule has 0 spiro atoms. The van der Waals surface area contributed by atoms with Crippen molar-refractivity contribution in [2.45, 2.75) is 39.0 Å². The van der Waals surface area contributed by atoms with Crippen LogP contribution in [-0.4, -0.2) is 11.8 Å². The van der Waals surface area contributed by atoms with Crippen molar-refractivity contribution in [3.8, 4) is 0 Å². The minimum absolute atomic E-state index is 0.157. The molecule has 0 aromatic rings. The van der Waals surface area contributed by atoms with Gasteiger partial charge in [0, 0.05) is 5.57 Å². The van der Waals surface area contributed by atoms with Crippen LogP contribution in [-0.2, 0) is 9.59 Å². The predicted octanol–water partition coefficient (Wildman–Crippen LogP) is 1.79. The summed E-state index contributed by atoms with van der Waals surface area (Å²) in [6.07, 6.45) is 7.16. The molecule has 2 atom stereocenters. The number of carbonyl (C=O) groups is 2. The molecule has 2 amide bonds. The van der Waals surface area contributed by atoms with Gasteiger partial charge in [0.05, 0.1) is 6.42 Å². The molecule has 1 N–H and O–H groups in total. The van der Waals surface area contributed by atoms with E-state index < -0.39 is 0 Å². The van der Waals surface area contributed by atoms with Gasteiger partial charge in [0.2, 0.25) is 5.91 Å². The Morgan fingerprint density at radius 2 is 2.13 bits per heavy atom. The van der Waals surface area contributed by atoms with Gasteiger partial charge in [-0.25, -0.2) is 0 Å². The molecular weight excluding hydrogens is 190 g/mol. The van der Waals surface area contributed by atoms with Gasteiger partial charge in [-0.2, -0.15) is 0 Å². The van der Waals surface area contributed by atoms with Crippen LogP contribution in [0.2, 0.25) is 0 Å². The fourth-order valence-electron chi connectivity index (χ4n) is 2.56. The summed E-state index contributed by atoms with van der Waals surface area (Å²) >= 11 is 0. The van der Waals surface area contributed by atoms with Crippen molar-refractivity contribution in [2.75, 3.05) is 0 Å². The Morgan fingerprint density at radius 1 is 1.33 bits per heavy atom. The van der Waals surface area contributed by atoms with Crippen LogP contribution in [0.3, 0.4) is 0 Å². The molecule has 2 fully saturated rings. The Hall–Kier alpha value is -1.12. The molecule has 0 aromatic carbocycles. The second kappa shape index (κ2) is 4.17. The van der Waals surface area contributed by atoms with Gasteiger partial charge >= 0.3 is 0 Å². The van der Waals surface area contributed by atoms with Crippen LogP contribution in [0.5, 0.6) is 0 Å². The molecule has 3 nitrogen and oxygen atoms in total. The fourth-order valence-corrected chi connectivity index (χ4v) is 2.56. The summed E-state index contributed by atoms with van der Waals surface area (Å²) in [5, 5.41) is 2.32. The standard InChI is InChI=1S/C12H17NO2/c1-8-3-2-4-9(5-8)6-10-7-11(14)13-12(10)15/h6,8-9H,2-5,7H2,1H3,(H,13,14,15)/b10-6+. The van der Waals surface area contributed by atoms with E-state index in [0.717, 1.165) is 18.8 Å². The second-order valence-corrected chi connectivity index (χ2v) is 4.78. The minimum atomic E-state index is -0.182. The third-order valence-corrected chi connectivity index (χ3v) is 3.31. The number of imide groups is 1. The largest absolute Gasteiger partial charge is 0.292 e. The topological polar surface area (TPSA) is 46.2 Å². The summed E-state index contributed by atoms with van der Waals surface area (Å²) in [6.45, 7) is 2.25. The van der Waals surface area contributed by atoms with E-state index in [1.807, 2.05) is 6.08 Å². The fraction of sp³-hybridized carbons (Fsp3) is 0.667. The number of hydrogen-bond donors (Lipinski definition) is 1. The van der Waals surface area contributed by atoms with Gasteiger partial charge in [-0.05, 0) is 24.7 Å². The molecule has 1 saturated heterocycles. The van der Waals surface area contributed by atoms with Crippen molar-refractivity contribution in [3.63, 3.8) is 0 Å². The molecule has 82 valence electrons. The summed E-state index contributed by atoms with van der Waals surface area (Å²) in [6, 6.07) is 0. The molecule has 1 heterocycles. The van der Waals surface area contributed by atoms with Crippen LogP contribution in [0.4, 0.5) is 0 Å². The Labute approximate surface area is 89.9 Å². The monoisotopic (exact) mass is 207 g/mol. The number of allylic oxidation sites excluding steroid dienone is 1. The molecule has 0 aromatic heterocycles. The Balaban J connectivity index is 2.02. The number of hydrogen-bond acceptors (Lipinski definition) is 2. The molecule has 0 bridgehead atoms. The van der Waals surface area contributed by atoms with E-state index in [4.69, 9.17) is 0 Å². The lowest BCUT2D eigenvalue weighted by molar-refractivity contribution is -0.124. The summed E-state index contributed by atoms with van der Waals surface area (Å²) in [5.74, 6) is 0.912. The highest BCUT2D eigenvalue weighted by molar-refractivity contribution is 6.13. The van der Waals surface area contributed by atoms with Gasteiger partial charge < -0.3 is 0 Å². The van der Waals surface area contributed by atoms with Crippen molar-refractivity contribution in [1.29, 1.82) is 0 Å². The average molecular weight is 207 g/mol. The van der Waals surface area contributed by atoms with E-state index in [9.17, 15) is 9.59 Å². The zero-order valence-electron chi connectivity index (χ0n) is 9.08. The summed E-state index contributed by atoms with van der Waals surface area (Å²) < 4.78 is 0. The Kier molecular flexibility index (Phi) is 2.89. The Bertz CT molecular complexity index is 320. The van der Waals surface area contributed by atoms with Crippen molar-refractivity contribution in [1.82, 2.24) is 5.32 Å². The maximum absolute atomic E-state index is 11.3. The number of amides is 2. The number of carbonyl (C=O) groups excluding carboxylic acids is 2. The van der Waals surface area contributed by atoms with Crippen LogP contribution in [0.1, 0.15) is 39.0 Å². The van der Waals surface area contributed by atoms with Crippen LogP contribution in [0, 0.1) is 11.8 Å². The molecule has 1 aliphatic carbocycles. The van der Waals surface area contributed by atoms with Crippen molar-refractivity contribution in [3.05, 3.63) is 11.6 Å². The highest BCUT2D eigenvalue weighted by atomic mass is 16.2. The van der Waals surface area contributed by atoms with Gasteiger partial charge in [0.1, 0.15) is 0 Å². The average Bonchev–Trinajstić information content (AvgIpc) is 2.45. The van der Waals surface area contributed by atoms with Crippen molar-refractivity contribution in [2.24, 2.45) is 11.8 Å². The zero-order valence-corrected chi connectivity index (χ0v) is 9.08. The van der Waals surface area contributed by atoms with E-state index in [1.165, 1.54) is 12.8 Å². The van der Waals surface area contributed by atoms with Gasteiger partial charge in [0.15, 0.2) is 0 Å². The lowest BCUT2D eigenvalue weighted by Crippen LogP contribution is -2.20. The first kappa shape index (κ1) is 10.4. The smallest absolute Gasteiger partial charge is 0.253 e. The third-order valence-electron chi connectivity index (χ3n) is 3.31. The summed E-state index contributed by atoms with van der Waals surface area (Å²) in [4.78, 5) is 22.3. The summed E-state index contributed by atoms with van der Waals surface area (Å²) in [5.41, 5.74) is 0.680. The minimum Gasteiger partial charge on any atom is -0.292 e. The molecule has 3 heteroatoms. The molecule has 2 aliphatic rings. The molecular formula is C12H17NO2. The highest BCUT2D eigenvalue weighted by Gasteiger charge is 2.26. The van der Waals surface area contributed by atoms with E-state index in [1.54, 1.807) is 0 Å². The van der Waals surface area contributed by atoms with Gasteiger partial charge in [0.25, 0.3) is 5.91 Å². The number of rotatable bonds is 1. The van der Waals surface area contributed by atoms with Crippen LogP contribution >= 0.6 is 0 Å². The lowest BCUT2D eigenvalue weighted by atomic mass is 9.81. The first-order chi connectivity index (χ1) is 7.15. The van der Waals surface area contributed by atoms with Crippen LogP contribution < -0.4 is 5.32 Å². The van der Waals surface area contributed by atoms with Gasteiger partial charge in [-0.15, -0.1) is 0 Å². The molecule has 1 aliphatic heterocycles. The van der Waals surface area contributed by atoms with Crippen molar-refractivity contribution < 1.29 is 9.59 Å². The maximum Gasteiger partial charge on any atom is 0.253 e. The molecule has 1 saturated carbocycles. The van der Waals surface area contributed by atoms with E-state index in [2.05, 4.69) is 12.2 Å². The molecule has 0 radical (unpaired) electrons. The Morgan fingerprint density at radius 3 is 2.73 bits per heavy atom. The van der Waals surface area contributed by atoms with Gasteiger partial charge in [-0.3, -0.25) is 14.9 Å². The SMILES string of the molecule is CC1CCCC(/C=C2\CC(=O)NC2=O)C1. The van der Waals surface area contributed by atoms with Crippen LogP contribution in [0.15, 0.2) is 11.6 Å². The summed E-state index contributed by atoms with van der Waals surface area (Å²) in [7, 11) is 0. The first-order valence-corrected chi connectivity index (χ1v) is 5.70. The maximum atomic E-state index is 11.3. The quantitative estimate of drug-likeness (QED) is 0.526. The molecule has 15 heavy (non-hydrogen) atoms. The lowest BCUT2D eigenvalue weighted by Gasteiger charge is -2.24. The van der Waals surface area contributed by atoms with E-state index in [-0.39, 0.29) is 18.2 Å². The zero-order chi connectivity index (χ0) is 10.8. The van der Waals surface area contributed by atoms with Gasteiger partial charge in [-0.1, -0.05) is 25.8 Å². The third kappa shape index (κ3) is 2.46. The van der Waals surface area contributed by atoms with Crippen LogP contribution in [0.25, 0.3) is 0 Å². The van der Waals surface area contributed by atoms with E-state index >= 15 is 0 Å². The normalized spacial score (nSPS) is 34.6.